The molecule has 138 valence electrons. The van der Waals surface area contributed by atoms with E-state index in [1.807, 2.05) is 6.08 Å². The van der Waals surface area contributed by atoms with Crippen LogP contribution in [0.25, 0.3) is 0 Å². The number of carbonyl (C=O) groups is 1. The quantitative estimate of drug-likeness (QED) is 0.545. The van der Waals surface area contributed by atoms with Gasteiger partial charge in [0.15, 0.2) is 6.29 Å². The van der Waals surface area contributed by atoms with Crippen LogP contribution in [-0.2, 0) is 14.3 Å². The molecule has 0 saturated heterocycles. The number of hydrogen-bond acceptors (Lipinski definition) is 5. The lowest BCUT2D eigenvalue weighted by molar-refractivity contribution is -0.155. The van der Waals surface area contributed by atoms with Gasteiger partial charge >= 0.3 is 5.97 Å². The zero-order chi connectivity index (χ0) is 18.4. The molecule has 5 nitrogen and oxygen atoms in total. The molecule has 0 spiro atoms. The first-order chi connectivity index (χ1) is 11.9. The molecule has 0 amide bonds. The number of esters is 1. The van der Waals surface area contributed by atoms with Gasteiger partial charge in [-0.1, -0.05) is 29.4 Å². The van der Waals surface area contributed by atoms with Crippen molar-refractivity contribution in [2.24, 2.45) is 0 Å². The highest BCUT2D eigenvalue weighted by Crippen LogP contribution is 2.29. The molecule has 0 aromatic rings. The van der Waals surface area contributed by atoms with Gasteiger partial charge in [0.1, 0.15) is 0 Å². The Kier molecular flexibility index (Phi) is 7.17. The summed E-state index contributed by atoms with van der Waals surface area (Å²) in [5.41, 5.74) is 3.89. The summed E-state index contributed by atoms with van der Waals surface area (Å²) in [6.07, 6.45) is 8.98. The number of cyclic esters (lactones) is 1. The van der Waals surface area contributed by atoms with Crippen molar-refractivity contribution in [3.05, 3.63) is 46.6 Å². The van der Waals surface area contributed by atoms with Gasteiger partial charge in [-0.25, -0.2) is 4.79 Å². The lowest BCUT2D eigenvalue weighted by Crippen LogP contribution is -2.32. The van der Waals surface area contributed by atoms with E-state index in [9.17, 15) is 15.0 Å². The fraction of sp³-hybridized carbons (Fsp3) is 0.550. The van der Waals surface area contributed by atoms with E-state index in [1.165, 1.54) is 17.2 Å². The largest absolute Gasteiger partial charge is 0.429 e. The van der Waals surface area contributed by atoms with Gasteiger partial charge in [0.2, 0.25) is 6.29 Å². The highest BCUT2D eigenvalue weighted by molar-refractivity contribution is 5.85. The Labute approximate surface area is 149 Å². The van der Waals surface area contributed by atoms with Crippen LogP contribution in [0.5, 0.6) is 0 Å². The predicted octanol–water partition coefficient (Wildman–Crippen LogP) is 3.29. The normalized spacial score (nSPS) is 26.8. The standard InChI is InChI=1S/C20H28O5/c1-13(2)6-4-7-14(3)8-5-9-15-10-11-17(24-19(15)22)16-12-18(21)25-20(16)23/h6,8,10,12,17,19-20,22-23H,4-5,7,9,11H2,1-3H3/b14-8+. The van der Waals surface area contributed by atoms with E-state index in [-0.39, 0.29) is 0 Å². The van der Waals surface area contributed by atoms with Crippen LogP contribution in [-0.4, -0.2) is 34.9 Å². The topological polar surface area (TPSA) is 76.0 Å². The molecule has 2 aliphatic rings. The fourth-order valence-electron chi connectivity index (χ4n) is 2.95. The third-order valence-electron chi connectivity index (χ3n) is 4.39. The smallest absolute Gasteiger partial charge is 0.333 e. The molecule has 5 heteroatoms. The van der Waals surface area contributed by atoms with Crippen LogP contribution in [0.1, 0.15) is 52.9 Å². The molecule has 0 aromatic carbocycles. The molecule has 25 heavy (non-hydrogen) atoms. The summed E-state index contributed by atoms with van der Waals surface area (Å²) < 4.78 is 10.2. The molecule has 0 bridgehead atoms. The second-order valence-electron chi connectivity index (χ2n) is 6.83. The lowest BCUT2D eigenvalue weighted by Gasteiger charge is -2.28. The zero-order valence-electron chi connectivity index (χ0n) is 15.2. The van der Waals surface area contributed by atoms with E-state index in [1.54, 1.807) is 0 Å². The van der Waals surface area contributed by atoms with E-state index in [2.05, 4.69) is 37.7 Å². The highest BCUT2D eigenvalue weighted by atomic mass is 16.6. The Bertz CT molecular complexity index is 608. The number of carbonyl (C=O) groups excluding carboxylic acids is 1. The SMILES string of the molecule is CC(C)=CCC/C(C)=C/CCC1=CCC(C2=CC(=O)OC2O)OC1O. The summed E-state index contributed by atoms with van der Waals surface area (Å²) in [6.45, 7) is 6.33. The minimum Gasteiger partial charge on any atom is -0.429 e. The van der Waals surface area contributed by atoms with Crippen LogP contribution in [0.15, 0.2) is 46.6 Å². The van der Waals surface area contributed by atoms with E-state index in [0.29, 0.717) is 12.0 Å². The van der Waals surface area contributed by atoms with Gasteiger partial charge in [-0.15, -0.1) is 0 Å². The molecule has 0 fully saturated rings. The van der Waals surface area contributed by atoms with Gasteiger partial charge in [-0.2, -0.15) is 0 Å². The number of allylic oxidation sites excluding steroid dienone is 4. The van der Waals surface area contributed by atoms with Crippen molar-refractivity contribution in [1.82, 2.24) is 0 Å². The molecule has 2 aliphatic heterocycles. The van der Waals surface area contributed by atoms with Crippen molar-refractivity contribution in [1.29, 1.82) is 0 Å². The summed E-state index contributed by atoms with van der Waals surface area (Å²) >= 11 is 0. The van der Waals surface area contributed by atoms with Crippen LogP contribution in [0.4, 0.5) is 0 Å². The molecule has 0 radical (unpaired) electrons. The van der Waals surface area contributed by atoms with Gasteiger partial charge in [0, 0.05) is 11.6 Å². The van der Waals surface area contributed by atoms with Gasteiger partial charge in [-0.3, -0.25) is 0 Å². The summed E-state index contributed by atoms with van der Waals surface area (Å²) in [4.78, 5) is 11.2. The second kappa shape index (κ2) is 9.13. The Balaban J connectivity index is 1.82. The van der Waals surface area contributed by atoms with E-state index >= 15 is 0 Å². The first-order valence-corrected chi connectivity index (χ1v) is 8.78. The van der Waals surface area contributed by atoms with Crippen molar-refractivity contribution in [2.75, 3.05) is 0 Å². The number of aliphatic hydroxyl groups is 2. The van der Waals surface area contributed by atoms with Gasteiger partial charge in [0.25, 0.3) is 0 Å². The fourth-order valence-corrected chi connectivity index (χ4v) is 2.95. The molecule has 2 heterocycles. The first-order valence-electron chi connectivity index (χ1n) is 8.78. The number of aliphatic hydroxyl groups excluding tert-OH is 2. The van der Waals surface area contributed by atoms with Gasteiger partial charge in [0.05, 0.1) is 6.10 Å². The van der Waals surface area contributed by atoms with Crippen LogP contribution < -0.4 is 0 Å². The maximum absolute atomic E-state index is 11.2. The maximum Gasteiger partial charge on any atom is 0.333 e. The van der Waals surface area contributed by atoms with E-state index in [4.69, 9.17) is 4.74 Å². The van der Waals surface area contributed by atoms with Crippen LogP contribution >= 0.6 is 0 Å². The Hall–Kier alpha value is -1.69. The second-order valence-corrected chi connectivity index (χ2v) is 6.83. The zero-order valence-corrected chi connectivity index (χ0v) is 15.2. The Morgan fingerprint density at radius 2 is 1.96 bits per heavy atom. The lowest BCUT2D eigenvalue weighted by atomic mass is 9.98. The van der Waals surface area contributed by atoms with E-state index < -0.39 is 24.7 Å². The Morgan fingerprint density at radius 3 is 2.56 bits per heavy atom. The molecular formula is C20H28O5. The van der Waals surface area contributed by atoms with Crippen molar-refractivity contribution in [2.45, 2.75) is 71.6 Å². The van der Waals surface area contributed by atoms with Crippen molar-refractivity contribution in [3.8, 4) is 0 Å². The molecule has 3 unspecified atom stereocenters. The average molecular weight is 348 g/mol. The predicted molar refractivity (Wildman–Crippen MR) is 95.4 cm³/mol. The maximum atomic E-state index is 11.2. The number of rotatable bonds is 7. The van der Waals surface area contributed by atoms with E-state index in [0.717, 1.165) is 31.3 Å². The van der Waals surface area contributed by atoms with Crippen molar-refractivity contribution < 1.29 is 24.5 Å². The summed E-state index contributed by atoms with van der Waals surface area (Å²) in [6, 6.07) is 0. The average Bonchev–Trinajstić information content (AvgIpc) is 2.87. The van der Waals surface area contributed by atoms with Gasteiger partial charge in [-0.05, 0) is 58.4 Å². The summed E-state index contributed by atoms with van der Waals surface area (Å²) in [7, 11) is 0. The van der Waals surface area contributed by atoms with Crippen LogP contribution in [0, 0.1) is 0 Å². The van der Waals surface area contributed by atoms with Crippen LogP contribution in [0.3, 0.4) is 0 Å². The summed E-state index contributed by atoms with van der Waals surface area (Å²) in [5, 5.41) is 19.8. The molecule has 0 aliphatic carbocycles. The minimum atomic E-state index is -1.27. The van der Waals surface area contributed by atoms with Crippen molar-refractivity contribution in [3.63, 3.8) is 0 Å². The molecule has 0 aromatic heterocycles. The molecule has 2 N–H and O–H groups in total. The first kappa shape index (κ1) is 19.6. The molecule has 3 atom stereocenters. The Morgan fingerprint density at radius 1 is 1.20 bits per heavy atom. The third kappa shape index (κ3) is 5.96. The van der Waals surface area contributed by atoms with Crippen molar-refractivity contribution >= 4 is 5.97 Å². The molecule has 0 saturated carbocycles. The minimum absolute atomic E-state index is 0.370. The highest BCUT2D eigenvalue weighted by Gasteiger charge is 2.34. The third-order valence-corrected chi connectivity index (χ3v) is 4.39. The monoisotopic (exact) mass is 348 g/mol. The van der Waals surface area contributed by atoms with Crippen LogP contribution in [0.2, 0.25) is 0 Å². The van der Waals surface area contributed by atoms with Gasteiger partial charge < -0.3 is 19.7 Å². The molecule has 2 rings (SSSR count). The number of ether oxygens (including phenoxy) is 2. The molecular weight excluding hydrogens is 320 g/mol. The summed E-state index contributed by atoms with van der Waals surface area (Å²) in [5.74, 6) is -0.580. The number of hydrogen-bond donors (Lipinski definition) is 2.